The van der Waals surface area contributed by atoms with Gasteiger partial charge in [-0.25, -0.2) is 0 Å². The summed E-state index contributed by atoms with van der Waals surface area (Å²) in [7, 11) is 0. The van der Waals surface area contributed by atoms with Gasteiger partial charge in [-0.15, -0.1) is 0 Å². The minimum absolute atomic E-state index is 0.516. The molecule has 0 aromatic rings. The molecule has 2 unspecified atom stereocenters. The molecule has 78 valence electrons. The van der Waals surface area contributed by atoms with E-state index in [1.165, 1.54) is 38.6 Å². The first-order valence-electron chi connectivity index (χ1n) is 6.10. The highest BCUT2D eigenvalue weighted by atomic mass is 16.1. The third-order valence-electron chi connectivity index (χ3n) is 4.39. The lowest BCUT2D eigenvalue weighted by Crippen LogP contribution is -2.46. The fourth-order valence-electron chi connectivity index (χ4n) is 3.33. The number of fused-ring (bicyclic) bond motifs is 2. The Kier molecular flexibility index (Phi) is 2.12. The van der Waals surface area contributed by atoms with Crippen LogP contribution < -0.4 is 0 Å². The van der Waals surface area contributed by atoms with E-state index in [1.54, 1.807) is 0 Å². The molecule has 2 atom stereocenters. The maximum atomic E-state index is 11.4. The van der Waals surface area contributed by atoms with E-state index < -0.39 is 0 Å². The molecule has 0 aromatic carbocycles. The van der Waals surface area contributed by atoms with Crippen molar-refractivity contribution in [2.45, 2.75) is 57.0 Å². The SMILES string of the molecule is O=C1CC2CCC(C1)N2CC1CCC1. The van der Waals surface area contributed by atoms with E-state index in [0.29, 0.717) is 17.9 Å². The first-order valence-corrected chi connectivity index (χ1v) is 6.10. The molecular weight excluding hydrogens is 174 g/mol. The van der Waals surface area contributed by atoms with Crippen LogP contribution in [0.15, 0.2) is 0 Å². The van der Waals surface area contributed by atoms with Gasteiger partial charge in [0.05, 0.1) is 0 Å². The first kappa shape index (κ1) is 8.90. The van der Waals surface area contributed by atoms with Gasteiger partial charge in [-0.3, -0.25) is 9.69 Å². The van der Waals surface area contributed by atoms with Crippen molar-refractivity contribution in [2.24, 2.45) is 5.92 Å². The predicted octanol–water partition coefficient (Wildman–Crippen LogP) is 1.98. The molecule has 0 amide bonds. The highest BCUT2D eigenvalue weighted by Crippen LogP contribution is 2.37. The van der Waals surface area contributed by atoms with Gasteiger partial charge in [-0.05, 0) is 31.6 Å². The second-order valence-electron chi connectivity index (χ2n) is 5.33. The Morgan fingerprint density at radius 1 is 1.07 bits per heavy atom. The number of rotatable bonds is 2. The lowest BCUT2D eigenvalue weighted by molar-refractivity contribution is -0.124. The van der Waals surface area contributed by atoms with Gasteiger partial charge >= 0.3 is 0 Å². The second-order valence-corrected chi connectivity index (χ2v) is 5.33. The van der Waals surface area contributed by atoms with E-state index in [2.05, 4.69) is 4.90 Å². The quantitative estimate of drug-likeness (QED) is 0.668. The average Bonchev–Trinajstić information content (AvgIpc) is 2.29. The van der Waals surface area contributed by atoms with Crippen LogP contribution in [0, 0.1) is 5.92 Å². The van der Waals surface area contributed by atoms with Crippen LogP contribution in [0.5, 0.6) is 0 Å². The standard InChI is InChI=1S/C12H19NO/c14-12-6-10-4-5-11(7-12)13(10)8-9-2-1-3-9/h9-11H,1-8H2. The van der Waals surface area contributed by atoms with Gasteiger partial charge in [-0.1, -0.05) is 6.42 Å². The summed E-state index contributed by atoms with van der Waals surface area (Å²) in [6, 6.07) is 1.25. The van der Waals surface area contributed by atoms with E-state index in [0.717, 1.165) is 18.8 Å². The van der Waals surface area contributed by atoms with Crippen LogP contribution in [0.3, 0.4) is 0 Å². The van der Waals surface area contributed by atoms with Crippen molar-refractivity contribution in [1.29, 1.82) is 0 Å². The molecule has 3 fully saturated rings. The van der Waals surface area contributed by atoms with Crippen LogP contribution in [-0.2, 0) is 4.79 Å². The fourth-order valence-corrected chi connectivity index (χ4v) is 3.33. The number of piperidine rings is 1. The lowest BCUT2D eigenvalue weighted by atomic mass is 9.84. The summed E-state index contributed by atoms with van der Waals surface area (Å²) < 4.78 is 0. The predicted molar refractivity (Wildman–Crippen MR) is 55.1 cm³/mol. The normalized spacial score (nSPS) is 38.7. The summed E-state index contributed by atoms with van der Waals surface area (Å²) in [5.41, 5.74) is 0. The van der Waals surface area contributed by atoms with E-state index >= 15 is 0 Å². The van der Waals surface area contributed by atoms with Crippen molar-refractivity contribution >= 4 is 5.78 Å². The van der Waals surface area contributed by atoms with Gasteiger partial charge in [0.25, 0.3) is 0 Å². The van der Waals surface area contributed by atoms with Crippen molar-refractivity contribution in [3.63, 3.8) is 0 Å². The van der Waals surface area contributed by atoms with Crippen LogP contribution in [0.25, 0.3) is 0 Å². The van der Waals surface area contributed by atoms with Gasteiger partial charge in [0.15, 0.2) is 0 Å². The summed E-state index contributed by atoms with van der Waals surface area (Å²) in [5, 5.41) is 0. The van der Waals surface area contributed by atoms with Gasteiger partial charge in [0.1, 0.15) is 5.78 Å². The summed E-state index contributed by atoms with van der Waals surface area (Å²) in [6.07, 6.45) is 8.57. The number of nitrogens with zero attached hydrogens (tertiary/aromatic N) is 1. The zero-order valence-corrected chi connectivity index (χ0v) is 8.74. The summed E-state index contributed by atoms with van der Waals surface area (Å²) in [4.78, 5) is 14.1. The number of Topliss-reactive ketones (excluding diaryl/α,β-unsaturated/α-hetero) is 1. The van der Waals surface area contributed by atoms with E-state index in [9.17, 15) is 4.79 Å². The Morgan fingerprint density at radius 3 is 2.21 bits per heavy atom. The van der Waals surface area contributed by atoms with Crippen molar-refractivity contribution in [3.8, 4) is 0 Å². The number of carbonyl (C=O) groups excluding carboxylic acids is 1. The molecular formula is C12H19NO. The Morgan fingerprint density at radius 2 is 1.71 bits per heavy atom. The zero-order chi connectivity index (χ0) is 9.54. The van der Waals surface area contributed by atoms with Crippen LogP contribution in [0.2, 0.25) is 0 Å². The Labute approximate surface area is 85.7 Å². The molecule has 0 N–H and O–H groups in total. The Balaban J connectivity index is 1.65. The summed E-state index contributed by atoms with van der Waals surface area (Å²) in [6.45, 7) is 1.29. The molecule has 0 radical (unpaired) electrons. The number of ketones is 1. The molecule has 3 aliphatic rings. The fraction of sp³-hybridized carbons (Fsp3) is 0.917. The summed E-state index contributed by atoms with van der Waals surface area (Å²) in [5.74, 6) is 1.48. The molecule has 2 aliphatic heterocycles. The largest absolute Gasteiger partial charge is 0.300 e. The molecule has 1 aliphatic carbocycles. The van der Waals surface area contributed by atoms with Crippen molar-refractivity contribution in [1.82, 2.24) is 4.90 Å². The van der Waals surface area contributed by atoms with Gasteiger partial charge in [-0.2, -0.15) is 0 Å². The molecule has 3 rings (SSSR count). The van der Waals surface area contributed by atoms with Gasteiger partial charge < -0.3 is 0 Å². The topological polar surface area (TPSA) is 20.3 Å². The van der Waals surface area contributed by atoms with E-state index in [-0.39, 0.29) is 0 Å². The third-order valence-corrected chi connectivity index (χ3v) is 4.39. The third kappa shape index (κ3) is 1.40. The molecule has 1 saturated carbocycles. The van der Waals surface area contributed by atoms with Crippen LogP contribution in [0.1, 0.15) is 44.9 Å². The van der Waals surface area contributed by atoms with E-state index in [4.69, 9.17) is 0 Å². The second kappa shape index (κ2) is 3.34. The molecule has 0 spiro atoms. The lowest BCUT2D eigenvalue weighted by Gasteiger charge is -2.39. The molecule has 2 bridgehead atoms. The molecule has 0 aromatic heterocycles. The smallest absolute Gasteiger partial charge is 0.136 e. The maximum absolute atomic E-state index is 11.4. The van der Waals surface area contributed by atoms with Crippen LogP contribution in [-0.4, -0.2) is 29.3 Å². The van der Waals surface area contributed by atoms with Gasteiger partial charge in [0.2, 0.25) is 0 Å². The average molecular weight is 193 g/mol. The highest BCUT2D eigenvalue weighted by Gasteiger charge is 2.41. The van der Waals surface area contributed by atoms with Crippen molar-refractivity contribution < 1.29 is 4.79 Å². The monoisotopic (exact) mass is 193 g/mol. The summed E-state index contributed by atoms with van der Waals surface area (Å²) >= 11 is 0. The maximum Gasteiger partial charge on any atom is 0.136 e. The number of hydrogen-bond donors (Lipinski definition) is 0. The minimum atomic E-state index is 0.516. The van der Waals surface area contributed by atoms with E-state index in [1.807, 2.05) is 0 Å². The van der Waals surface area contributed by atoms with Crippen molar-refractivity contribution in [2.75, 3.05) is 6.54 Å². The van der Waals surface area contributed by atoms with Crippen molar-refractivity contribution in [3.05, 3.63) is 0 Å². The Hall–Kier alpha value is -0.370. The molecule has 14 heavy (non-hydrogen) atoms. The Bertz CT molecular complexity index is 231. The number of hydrogen-bond acceptors (Lipinski definition) is 2. The van der Waals surface area contributed by atoms with Crippen LogP contribution >= 0.6 is 0 Å². The zero-order valence-electron chi connectivity index (χ0n) is 8.74. The first-order chi connectivity index (χ1) is 6.83. The molecule has 2 heterocycles. The van der Waals surface area contributed by atoms with Crippen LogP contribution in [0.4, 0.5) is 0 Å². The minimum Gasteiger partial charge on any atom is -0.300 e. The number of carbonyl (C=O) groups is 1. The van der Waals surface area contributed by atoms with Gasteiger partial charge in [0, 0.05) is 31.5 Å². The molecule has 2 saturated heterocycles. The molecule has 2 heteroatoms. The molecule has 2 nitrogen and oxygen atoms in total. The highest BCUT2D eigenvalue weighted by molar-refractivity contribution is 5.80.